The minimum absolute atomic E-state index is 0.115. The number of nitrogens with zero attached hydrogens (tertiary/aromatic N) is 3. The molecule has 0 aliphatic rings. The standard InChI is InChI=1S/C19H16N6O2/c20-14-4-2-1-3-13(14)17-16(10-22-27)24-25-19-18(17)15(9-21-19)23-11-5-7-12(26)8-6-11/h1-9,23,26H,10,20H2,(H,21,25). The second kappa shape index (κ2) is 6.75. The first-order chi connectivity index (χ1) is 13.2. The number of hydrogen-bond acceptors (Lipinski definition) is 7. The van der Waals surface area contributed by atoms with Crippen molar-refractivity contribution in [3.05, 3.63) is 65.3 Å². The van der Waals surface area contributed by atoms with Gasteiger partial charge < -0.3 is 21.1 Å². The number of nitrogen functional groups attached to an aromatic ring is 1. The zero-order valence-corrected chi connectivity index (χ0v) is 14.2. The number of nitrogens with two attached hydrogens (primary N) is 1. The van der Waals surface area contributed by atoms with Crippen molar-refractivity contribution in [1.29, 1.82) is 0 Å². The SMILES string of the molecule is Nc1ccccc1-c1c(CN=O)nnc2[nH]cc(Nc3ccc(O)cc3)c12. The van der Waals surface area contributed by atoms with E-state index in [4.69, 9.17) is 5.73 Å². The highest BCUT2D eigenvalue weighted by Crippen LogP contribution is 2.38. The van der Waals surface area contributed by atoms with Gasteiger partial charge in [-0.25, -0.2) is 0 Å². The molecule has 8 heteroatoms. The van der Waals surface area contributed by atoms with Crippen molar-refractivity contribution in [2.24, 2.45) is 5.18 Å². The highest BCUT2D eigenvalue weighted by Gasteiger charge is 2.19. The largest absolute Gasteiger partial charge is 0.508 e. The molecular formula is C19H16N6O2. The van der Waals surface area contributed by atoms with Crippen molar-refractivity contribution in [3.8, 4) is 16.9 Å². The van der Waals surface area contributed by atoms with Crippen LogP contribution in [-0.4, -0.2) is 20.3 Å². The van der Waals surface area contributed by atoms with Gasteiger partial charge >= 0.3 is 0 Å². The van der Waals surface area contributed by atoms with Crippen LogP contribution in [0.2, 0.25) is 0 Å². The summed E-state index contributed by atoms with van der Waals surface area (Å²) in [6, 6.07) is 14.1. The molecule has 0 fully saturated rings. The Kier molecular flexibility index (Phi) is 4.13. The number of phenols is 1. The summed E-state index contributed by atoms with van der Waals surface area (Å²) in [6.45, 7) is -0.115. The van der Waals surface area contributed by atoms with Crippen molar-refractivity contribution in [3.63, 3.8) is 0 Å². The van der Waals surface area contributed by atoms with Gasteiger partial charge in [-0.3, -0.25) is 0 Å². The summed E-state index contributed by atoms with van der Waals surface area (Å²) in [5, 5.41) is 24.8. The predicted molar refractivity (Wildman–Crippen MR) is 105 cm³/mol. The molecule has 0 aliphatic heterocycles. The molecule has 8 nitrogen and oxygen atoms in total. The Morgan fingerprint density at radius 1 is 1.11 bits per heavy atom. The third-order valence-electron chi connectivity index (χ3n) is 4.26. The number of H-pyrrole nitrogens is 1. The van der Waals surface area contributed by atoms with Gasteiger partial charge in [0.05, 0.1) is 16.8 Å². The first-order valence-electron chi connectivity index (χ1n) is 8.24. The van der Waals surface area contributed by atoms with Crippen LogP contribution in [0.25, 0.3) is 22.2 Å². The van der Waals surface area contributed by atoms with Crippen LogP contribution >= 0.6 is 0 Å². The number of nitroso groups, excluding NO2 is 1. The number of aromatic nitrogens is 3. The average molecular weight is 360 g/mol. The minimum Gasteiger partial charge on any atom is -0.508 e. The van der Waals surface area contributed by atoms with Gasteiger partial charge in [0, 0.05) is 28.7 Å². The first kappa shape index (κ1) is 16.5. The van der Waals surface area contributed by atoms with Gasteiger partial charge in [0.2, 0.25) is 0 Å². The highest BCUT2D eigenvalue weighted by atomic mass is 16.3. The topological polar surface area (TPSA) is 129 Å². The molecule has 0 aliphatic carbocycles. The van der Waals surface area contributed by atoms with E-state index >= 15 is 0 Å². The Morgan fingerprint density at radius 2 is 1.89 bits per heavy atom. The van der Waals surface area contributed by atoms with Crippen molar-refractivity contribution >= 4 is 28.1 Å². The van der Waals surface area contributed by atoms with E-state index in [-0.39, 0.29) is 12.3 Å². The number of aromatic hydroxyl groups is 1. The smallest absolute Gasteiger partial charge is 0.162 e. The Hall–Kier alpha value is -3.94. The van der Waals surface area contributed by atoms with E-state index in [0.29, 0.717) is 22.6 Å². The number of aromatic amines is 1. The van der Waals surface area contributed by atoms with Gasteiger partial charge in [-0.15, -0.1) is 5.10 Å². The number of fused-ring (bicyclic) bond motifs is 1. The van der Waals surface area contributed by atoms with Crippen LogP contribution in [0.5, 0.6) is 5.75 Å². The summed E-state index contributed by atoms with van der Waals surface area (Å²) >= 11 is 0. The maximum Gasteiger partial charge on any atom is 0.162 e. The summed E-state index contributed by atoms with van der Waals surface area (Å²) in [7, 11) is 0. The molecule has 0 spiro atoms. The number of benzene rings is 2. The van der Waals surface area contributed by atoms with E-state index in [0.717, 1.165) is 22.3 Å². The number of anilines is 3. The van der Waals surface area contributed by atoms with Gasteiger partial charge in [0.15, 0.2) is 5.65 Å². The minimum atomic E-state index is -0.115. The fourth-order valence-electron chi connectivity index (χ4n) is 3.03. The van der Waals surface area contributed by atoms with Crippen LogP contribution in [0.15, 0.2) is 59.9 Å². The van der Waals surface area contributed by atoms with E-state index < -0.39 is 0 Å². The lowest BCUT2D eigenvalue weighted by Gasteiger charge is -2.12. The fourth-order valence-corrected chi connectivity index (χ4v) is 3.03. The van der Waals surface area contributed by atoms with Gasteiger partial charge in [-0.05, 0) is 30.3 Å². The zero-order valence-electron chi connectivity index (χ0n) is 14.2. The van der Waals surface area contributed by atoms with Crippen LogP contribution in [0.3, 0.4) is 0 Å². The molecule has 2 aromatic heterocycles. The normalized spacial score (nSPS) is 10.8. The van der Waals surface area contributed by atoms with Crippen molar-refractivity contribution < 1.29 is 5.11 Å². The van der Waals surface area contributed by atoms with Crippen molar-refractivity contribution in [2.75, 3.05) is 11.1 Å². The lowest BCUT2D eigenvalue weighted by molar-refractivity contribution is 0.475. The molecular weight excluding hydrogens is 344 g/mol. The molecule has 0 unspecified atom stereocenters. The third kappa shape index (κ3) is 3.04. The van der Waals surface area contributed by atoms with E-state index in [1.54, 1.807) is 36.5 Å². The number of para-hydroxylation sites is 1. The molecule has 0 bridgehead atoms. The number of nitrogens with one attached hydrogen (secondary N) is 2. The van der Waals surface area contributed by atoms with Gasteiger partial charge in [-0.2, -0.15) is 10.0 Å². The average Bonchev–Trinajstić information content (AvgIpc) is 3.07. The van der Waals surface area contributed by atoms with Gasteiger partial charge in [0.25, 0.3) is 0 Å². The van der Waals surface area contributed by atoms with Crippen LogP contribution in [0.4, 0.5) is 17.1 Å². The Balaban J connectivity index is 1.94. The number of rotatable bonds is 5. The summed E-state index contributed by atoms with van der Waals surface area (Å²) in [6.07, 6.45) is 1.77. The quantitative estimate of drug-likeness (QED) is 0.242. The molecule has 4 rings (SSSR count). The van der Waals surface area contributed by atoms with E-state index in [9.17, 15) is 10.0 Å². The van der Waals surface area contributed by atoms with Crippen LogP contribution in [0.1, 0.15) is 5.69 Å². The third-order valence-corrected chi connectivity index (χ3v) is 4.26. The highest BCUT2D eigenvalue weighted by molar-refractivity contribution is 6.05. The fraction of sp³-hybridized carbons (Fsp3) is 0.0526. The van der Waals surface area contributed by atoms with E-state index in [2.05, 4.69) is 25.7 Å². The Morgan fingerprint density at radius 3 is 2.63 bits per heavy atom. The summed E-state index contributed by atoms with van der Waals surface area (Å²) in [5.41, 5.74) is 10.7. The molecule has 0 atom stereocenters. The molecule has 5 N–H and O–H groups in total. The predicted octanol–water partition coefficient (Wildman–Crippen LogP) is 3.92. The lowest BCUT2D eigenvalue weighted by atomic mass is 9.99. The maximum atomic E-state index is 10.9. The van der Waals surface area contributed by atoms with Crippen LogP contribution in [0, 0.1) is 4.91 Å². The molecule has 134 valence electrons. The second-order valence-electron chi connectivity index (χ2n) is 5.99. The molecule has 0 saturated heterocycles. The molecule has 0 saturated carbocycles. The molecule has 4 aromatic rings. The summed E-state index contributed by atoms with van der Waals surface area (Å²) in [5.74, 6) is 0.183. The molecule has 2 aromatic carbocycles. The monoisotopic (exact) mass is 360 g/mol. The summed E-state index contributed by atoms with van der Waals surface area (Å²) < 4.78 is 0. The van der Waals surface area contributed by atoms with Gasteiger partial charge in [0.1, 0.15) is 12.3 Å². The second-order valence-corrected chi connectivity index (χ2v) is 5.99. The number of hydrogen-bond donors (Lipinski definition) is 4. The van der Waals surface area contributed by atoms with Gasteiger partial charge in [-0.1, -0.05) is 23.4 Å². The maximum absolute atomic E-state index is 10.9. The molecule has 0 amide bonds. The van der Waals surface area contributed by atoms with E-state index in [1.165, 1.54) is 0 Å². The zero-order chi connectivity index (χ0) is 18.8. The lowest BCUT2D eigenvalue weighted by Crippen LogP contribution is -2.00. The number of phenolic OH excluding ortho intramolecular Hbond substituents is 1. The van der Waals surface area contributed by atoms with E-state index in [1.807, 2.05) is 18.2 Å². The molecule has 0 radical (unpaired) electrons. The van der Waals surface area contributed by atoms with Crippen molar-refractivity contribution in [2.45, 2.75) is 6.54 Å². The van der Waals surface area contributed by atoms with Crippen LogP contribution < -0.4 is 11.1 Å². The van der Waals surface area contributed by atoms with Crippen LogP contribution in [-0.2, 0) is 6.54 Å². The molecule has 27 heavy (non-hydrogen) atoms. The molecule has 2 heterocycles. The Labute approximate surface area is 154 Å². The first-order valence-corrected chi connectivity index (χ1v) is 8.24. The Bertz CT molecular complexity index is 1120. The van der Waals surface area contributed by atoms with Crippen molar-refractivity contribution in [1.82, 2.24) is 15.2 Å². The summed E-state index contributed by atoms with van der Waals surface area (Å²) in [4.78, 5) is 14.0.